The Bertz CT molecular complexity index is 187. The van der Waals surface area contributed by atoms with Gasteiger partial charge < -0.3 is 11.1 Å². The number of hydrogen-bond donors (Lipinski definition) is 4. The average molecular weight is 418 g/mol. The number of rotatable bonds is 6. The van der Waals surface area contributed by atoms with E-state index >= 15 is 0 Å². The van der Waals surface area contributed by atoms with Gasteiger partial charge >= 0.3 is 0 Å². The Morgan fingerprint density at radius 3 is 1.37 bits per heavy atom. The third kappa shape index (κ3) is 69.9. The predicted octanol–water partition coefficient (Wildman–Crippen LogP) is 3.63. The van der Waals surface area contributed by atoms with Crippen LogP contribution in [0.25, 0.3) is 0 Å². The van der Waals surface area contributed by atoms with E-state index in [1.807, 2.05) is 6.92 Å². The maximum atomic E-state index is 9.80. The van der Waals surface area contributed by atoms with Gasteiger partial charge in [-0.15, -0.1) is 0 Å². The van der Waals surface area contributed by atoms with Crippen LogP contribution >= 0.6 is 25.3 Å². The van der Waals surface area contributed by atoms with Crippen molar-refractivity contribution < 1.29 is 9.59 Å². The molecule has 0 bridgehead atoms. The maximum Gasteiger partial charge on any atom is 0.275 e. The first-order valence-corrected chi connectivity index (χ1v) is 7.26. The fourth-order valence-corrected chi connectivity index (χ4v) is 1.16. The monoisotopic (exact) mass is 417 g/mol. The van der Waals surface area contributed by atoms with Gasteiger partial charge in [0.15, 0.2) is 0 Å². The minimum absolute atomic E-state index is 0. The molecule has 0 aliphatic rings. The number of carbonyl (C=O) groups is 2. The molecule has 3 N–H and O–H groups in total. The molecule has 0 aliphatic heterocycles. The number of unbranched alkanes of at least 4 members (excludes halogenated alkanes) is 5. The van der Waals surface area contributed by atoms with Crippen LogP contribution in [0.15, 0.2) is 0 Å². The summed E-state index contributed by atoms with van der Waals surface area (Å²) in [4.78, 5) is 18.9. The molecule has 4 nitrogen and oxygen atoms in total. The molecule has 0 fully saturated rings. The molecule has 0 atom stereocenters. The normalized spacial score (nSPS) is 7.84. The van der Waals surface area contributed by atoms with E-state index in [1.165, 1.54) is 38.5 Å². The second-order valence-electron chi connectivity index (χ2n) is 3.59. The van der Waals surface area contributed by atoms with Crippen molar-refractivity contribution in [2.45, 2.75) is 59.3 Å². The van der Waals surface area contributed by atoms with Gasteiger partial charge in [-0.1, -0.05) is 77.6 Å². The van der Waals surface area contributed by atoms with E-state index in [0.717, 1.165) is 0 Å². The number of nitrogens with one attached hydrogen (secondary N) is 1. The summed E-state index contributed by atoms with van der Waals surface area (Å²) in [5.74, 6) is 0. The molecule has 7 heteroatoms. The number of carbonyl (C=O) groups excluding carboxylic acids is 2. The van der Waals surface area contributed by atoms with E-state index in [9.17, 15) is 4.79 Å². The van der Waals surface area contributed by atoms with Crippen molar-refractivity contribution in [1.82, 2.24) is 5.32 Å². The van der Waals surface area contributed by atoms with Crippen LogP contribution in [-0.4, -0.2) is 41.5 Å². The number of hydrogen-bond acceptors (Lipinski definition) is 2. The third-order valence-corrected chi connectivity index (χ3v) is 1.94. The molecule has 3 radical (unpaired) electrons. The van der Waals surface area contributed by atoms with Crippen molar-refractivity contribution in [3.63, 3.8) is 0 Å². The van der Waals surface area contributed by atoms with Crippen LogP contribution in [0, 0.1) is 0 Å². The van der Waals surface area contributed by atoms with E-state index in [0.29, 0.717) is 6.54 Å². The van der Waals surface area contributed by atoms with Crippen LogP contribution in [0.1, 0.15) is 59.3 Å². The van der Waals surface area contributed by atoms with Crippen molar-refractivity contribution in [3.05, 3.63) is 0 Å². The van der Waals surface area contributed by atoms with Gasteiger partial charge in [-0.2, -0.15) is 0 Å². The molecular formula is C12H28N2O2S2Sb. The molecule has 0 aromatic rings. The molecule has 0 spiro atoms. The first-order chi connectivity index (χ1) is 8.42. The summed E-state index contributed by atoms with van der Waals surface area (Å²) in [5, 5.41) is 1.53. The summed E-state index contributed by atoms with van der Waals surface area (Å²) in [6.07, 6.45) is 8.49. The van der Waals surface area contributed by atoms with E-state index < -0.39 is 5.24 Å². The Hall–Kier alpha value is 0.458. The Balaban J connectivity index is -0.0000000916. The van der Waals surface area contributed by atoms with E-state index in [4.69, 9.17) is 4.79 Å². The quantitative estimate of drug-likeness (QED) is 0.302. The van der Waals surface area contributed by atoms with Crippen LogP contribution in [-0.2, 0) is 0 Å². The number of primary amides is 1. The van der Waals surface area contributed by atoms with Crippen LogP contribution in [0.2, 0.25) is 0 Å². The summed E-state index contributed by atoms with van der Waals surface area (Å²) >= 11 is 6.53. The average Bonchev–Trinajstić information content (AvgIpc) is 2.24. The van der Waals surface area contributed by atoms with Crippen molar-refractivity contribution in [3.8, 4) is 0 Å². The Kier molecular flexibility index (Phi) is 39.3. The Morgan fingerprint density at radius 1 is 0.947 bits per heavy atom. The van der Waals surface area contributed by atoms with Gasteiger partial charge in [0.1, 0.15) is 0 Å². The summed E-state index contributed by atoms with van der Waals surface area (Å²) in [6, 6.07) is 0. The Morgan fingerprint density at radius 2 is 1.26 bits per heavy atom. The summed E-state index contributed by atoms with van der Waals surface area (Å²) in [5.41, 5.74) is 4.34. The molecule has 19 heavy (non-hydrogen) atoms. The number of nitrogens with two attached hydrogens (primary N) is 1. The van der Waals surface area contributed by atoms with Gasteiger partial charge in [-0.3, -0.25) is 9.59 Å². The minimum Gasteiger partial charge on any atom is -0.361 e. The van der Waals surface area contributed by atoms with E-state index in [1.54, 1.807) is 0 Å². The molecule has 0 heterocycles. The maximum absolute atomic E-state index is 9.80. The van der Waals surface area contributed by atoms with E-state index in [2.05, 4.69) is 50.2 Å². The van der Waals surface area contributed by atoms with Gasteiger partial charge in [-0.25, -0.2) is 0 Å². The van der Waals surface area contributed by atoms with Gasteiger partial charge in [0.05, 0.1) is 0 Å². The van der Waals surface area contributed by atoms with Crippen LogP contribution in [0.3, 0.4) is 0 Å². The van der Waals surface area contributed by atoms with Crippen LogP contribution in [0.5, 0.6) is 0 Å². The predicted molar refractivity (Wildman–Crippen MR) is 91.4 cm³/mol. The zero-order valence-corrected chi connectivity index (χ0v) is 16.5. The van der Waals surface area contributed by atoms with Gasteiger partial charge in [0.2, 0.25) is 0 Å². The first-order valence-electron chi connectivity index (χ1n) is 6.37. The third-order valence-electron chi connectivity index (χ3n) is 1.79. The minimum atomic E-state index is -0.639. The number of thiol groups is 2. The van der Waals surface area contributed by atoms with Crippen LogP contribution < -0.4 is 11.1 Å². The summed E-state index contributed by atoms with van der Waals surface area (Å²) in [7, 11) is 0. The second-order valence-corrected chi connectivity index (χ2v) is 4.43. The number of amides is 2. The van der Waals surface area contributed by atoms with Gasteiger partial charge in [-0.05, 0) is 6.92 Å². The summed E-state index contributed by atoms with van der Waals surface area (Å²) < 4.78 is 0. The molecule has 2 amide bonds. The Labute approximate surface area is 146 Å². The topological polar surface area (TPSA) is 72.2 Å². The van der Waals surface area contributed by atoms with Crippen molar-refractivity contribution in [1.29, 1.82) is 0 Å². The fourth-order valence-electron chi connectivity index (χ4n) is 1.00. The molecule has 115 valence electrons. The molecule has 0 saturated heterocycles. The summed E-state index contributed by atoms with van der Waals surface area (Å²) in [6.45, 7) is 7.01. The van der Waals surface area contributed by atoms with Crippen molar-refractivity contribution in [2.75, 3.05) is 6.54 Å². The van der Waals surface area contributed by atoms with Crippen molar-refractivity contribution in [2.24, 2.45) is 5.73 Å². The van der Waals surface area contributed by atoms with Gasteiger partial charge in [0.25, 0.3) is 10.5 Å². The smallest absolute Gasteiger partial charge is 0.275 e. The van der Waals surface area contributed by atoms with Crippen molar-refractivity contribution >= 4 is 60.2 Å². The molecular weight excluding hydrogens is 390 g/mol. The molecule has 0 rings (SSSR count). The zero-order chi connectivity index (χ0) is 14.8. The standard InChI is InChI=1S/C8H18.C3H7NOS.CH3NOS.Sb/c1-3-5-7-8-6-4-2;1-2-4-3(5)6;2-1(3)4;/h3-8H2,1-2H3;2H2,1H3,(H2,4,5,6);(H3,2,3,4);. The molecule has 0 aliphatic carbocycles. The fraction of sp³-hybridized carbons (Fsp3) is 0.833. The first kappa shape index (κ1) is 27.7. The zero-order valence-electron chi connectivity index (χ0n) is 12.2. The molecule has 0 unspecified atom stereocenters. The second kappa shape index (κ2) is 26.9. The SMILES string of the molecule is CCCCCCCC.CCNC(=O)S.NC(=O)S.[Sb]. The van der Waals surface area contributed by atoms with E-state index in [-0.39, 0.29) is 29.7 Å². The molecule has 0 aromatic carbocycles. The van der Waals surface area contributed by atoms with Crippen LogP contribution in [0.4, 0.5) is 9.59 Å². The molecule has 0 aromatic heterocycles. The molecule has 0 saturated carbocycles. The largest absolute Gasteiger partial charge is 0.361 e. The van der Waals surface area contributed by atoms with Gasteiger partial charge in [0, 0.05) is 31.0 Å².